The molecule has 0 aliphatic heterocycles. The fourth-order valence-electron chi connectivity index (χ4n) is 8.52. The first-order chi connectivity index (χ1) is 37.0. The van der Waals surface area contributed by atoms with Gasteiger partial charge in [-0.2, -0.15) is 0 Å². The maximum Gasteiger partial charge on any atom is 0.472 e. The lowest BCUT2D eigenvalue weighted by Gasteiger charge is -2.21. The van der Waals surface area contributed by atoms with Crippen molar-refractivity contribution in [1.29, 1.82) is 0 Å². The number of aliphatic hydroxyl groups excluding tert-OH is 1. The first kappa shape index (κ1) is 75.1. The molecule has 17 nitrogen and oxygen atoms in total. The molecule has 2 unspecified atom stereocenters. The molecule has 3 N–H and O–H groups in total. The second-order valence-corrected chi connectivity index (χ2v) is 24.4. The predicted molar refractivity (Wildman–Crippen MR) is 303 cm³/mol. The van der Waals surface area contributed by atoms with Crippen LogP contribution in [-0.4, -0.2) is 96.7 Å². The highest BCUT2D eigenvalue weighted by Gasteiger charge is 2.30. The number of rotatable bonds is 58. The maximum absolute atomic E-state index is 12.9. The third-order valence-corrected chi connectivity index (χ3v) is 15.2. The van der Waals surface area contributed by atoms with Gasteiger partial charge in [0.15, 0.2) is 12.2 Å². The number of hydrogen-bond donors (Lipinski definition) is 3. The number of hydrogen-bond acceptors (Lipinski definition) is 15. The van der Waals surface area contributed by atoms with E-state index in [1.54, 1.807) is 0 Å². The minimum absolute atomic E-state index is 0.103. The molecule has 0 radical (unpaired) electrons. The van der Waals surface area contributed by atoms with Crippen molar-refractivity contribution in [2.75, 3.05) is 39.6 Å². The third-order valence-electron chi connectivity index (χ3n) is 13.3. The van der Waals surface area contributed by atoms with E-state index in [1.165, 1.54) is 109 Å². The van der Waals surface area contributed by atoms with Crippen LogP contribution in [0.3, 0.4) is 0 Å². The second-order valence-electron chi connectivity index (χ2n) is 21.5. The molecule has 0 fully saturated rings. The van der Waals surface area contributed by atoms with Crippen molar-refractivity contribution in [3.05, 3.63) is 0 Å². The first-order valence-electron chi connectivity index (χ1n) is 30.6. The second kappa shape index (κ2) is 52.2. The lowest BCUT2D eigenvalue weighted by atomic mass is 10.0. The fraction of sp³-hybridized carbons (Fsp3) is 0.931. The average molecular weight is 1140 g/mol. The summed E-state index contributed by atoms with van der Waals surface area (Å²) in [6.45, 7) is 7.03. The first-order valence-corrected chi connectivity index (χ1v) is 33.6. The van der Waals surface area contributed by atoms with Crippen molar-refractivity contribution in [2.45, 2.75) is 303 Å². The van der Waals surface area contributed by atoms with Crippen molar-refractivity contribution in [1.82, 2.24) is 0 Å². The van der Waals surface area contributed by atoms with Crippen molar-refractivity contribution in [2.24, 2.45) is 5.92 Å². The summed E-state index contributed by atoms with van der Waals surface area (Å²) >= 11 is 0. The summed E-state index contributed by atoms with van der Waals surface area (Å²) in [5.74, 6) is -1.45. The molecule has 0 rings (SSSR count). The summed E-state index contributed by atoms with van der Waals surface area (Å²) < 4.78 is 67.6. The van der Waals surface area contributed by atoms with Gasteiger partial charge in [0.1, 0.15) is 19.3 Å². The summed E-state index contributed by atoms with van der Waals surface area (Å²) in [6.07, 6.45) is 33.5. The number of aliphatic hydroxyl groups is 1. The Morgan fingerprint density at radius 1 is 0.351 bits per heavy atom. The van der Waals surface area contributed by atoms with E-state index in [2.05, 4.69) is 34.6 Å². The van der Waals surface area contributed by atoms with Crippen LogP contribution in [0.4, 0.5) is 0 Å². The summed E-state index contributed by atoms with van der Waals surface area (Å²) in [4.78, 5) is 71.8. The summed E-state index contributed by atoms with van der Waals surface area (Å²) in [7, 11) is -9.87. The van der Waals surface area contributed by atoms with Crippen molar-refractivity contribution >= 4 is 39.5 Å². The quantitative estimate of drug-likeness (QED) is 0.0222. The van der Waals surface area contributed by atoms with E-state index < -0.39 is 97.5 Å². The van der Waals surface area contributed by atoms with E-state index in [4.69, 9.17) is 37.0 Å². The molecule has 5 atom stereocenters. The van der Waals surface area contributed by atoms with Gasteiger partial charge in [-0.3, -0.25) is 37.3 Å². The number of unbranched alkanes of at least 4 members (excludes halogenated alkanes) is 30. The molecule has 0 aromatic rings. The topological polar surface area (TPSA) is 237 Å². The zero-order chi connectivity index (χ0) is 57.1. The SMILES string of the molecule is CCCCCCCCCCCC(=O)OC[C@H](COP(=O)(O)OC[C@H](O)COP(=O)(O)OC[C@@H](COC(=O)CCCCCCCCCCC)OC(=O)CCCCCCCCCC(C)C)OC(=O)CCCCCCCCCCC. The van der Waals surface area contributed by atoms with Gasteiger partial charge in [-0.25, -0.2) is 9.13 Å². The van der Waals surface area contributed by atoms with Gasteiger partial charge in [-0.15, -0.1) is 0 Å². The number of phosphoric ester groups is 2. The molecule has 0 heterocycles. The van der Waals surface area contributed by atoms with E-state index in [-0.39, 0.29) is 25.7 Å². The van der Waals surface area contributed by atoms with E-state index in [0.717, 1.165) is 89.9 Å². The van der Waals surface area contributed by atoms with E-state index in [0.29, 0.717) is 31.6 Å². The molecular formula is C58H112O17P2. The van der Waals surface area contributed by atoms with Gasteiger partial charge in [0, 0.05) is 25.7 Å². The van der Waals surface area contributed by atoms with Crippen LogP contribution in [-0.2, 0) is 65.4 Å². The zero-order valence-corrected chi connectivity index (χ0v) is 50.9. The molecule has 19 heteroatoms. The monoisotopic (exact) mass is 1140 g/mol. The average Bonchev–Trinajstić information content (AvgIpc) is 3.39. The summed E-state index contributed by atoms with van der Waals surface area (Å²) in [5.41, 5.74) is 0. The Kier molecular flexibility index (Phi) is 50.8. The summed E-state index contributed by atoms with van der Waals surface area (Å²) in [5, 5.41) is 10.5. The Morgan fingerprint density at radius 2 is 0.597 bits per heavy atom. The predicted octanol–water partition coefficient (Wildman–Crippen LogP) is 15.5. The van der Waals surface area contributed by atoms with Crippen molar-refractivity contribution in [3.63, 3.8) is 0 Å². The molecule has 0 saturated heterocycles. The van der Waals surface area contributed by atoms with Crippen LogP contribution in [0.2, 0.25) is 0 Å². The molecule has 0 amide bonds. The van der Waals surface area contributed by atoms with Gasteiger partial charge >= 0.3 is 39.5 Å². The van der Waals surface area contributed by atoms with Crippen LogP contribution < -0.4 is 0 Å². The van der Waals surface area contributed by atoms with Crippen LogP contribution in [0.15, 0.2) is 0 Å². The van der Waals surface area contributed by atoms with E-state index in [1.807, 2.05) is 0 Å². The Balaban J connectivity index is 5.22. The van der Waals surface area contributed by atoms with Gasteiger partial charge in [0.2, 0.25) is 0 Å². The van der Waals surface area contributed by atoms with Gasteiger partial charge in [-0.05, 0) is 31.6 Å². The van der Waals surface area contributed by atoms with Crippen LogP contribution in [0.25, 0.3) is 0 Å². The maximum atomic E-state index is 12.9. The number of carbonyl (C=O) groups is 4. The summed E-state index contributed by atoms with van der Waals surface area (Å²) in [6, 6.07) is 0. The lowest BCUT2D eigenvalue weighted by molar-refractivity contribution is -0.161. The van der Waals surface area contributed by atoms with E-state index in [9.17, 15) is 43.2 Å². The smallest absolute Gasteiger partial charge is 0.462 e. The largest absolute Gasteiger partial charge is 0.472 e. The molecule has 0 saturated carbocycles. The number of ether oxygens (including phenoxy) is 4. The number of esters is 4. The molecule has 0 aliphatic rings. The molecule has 0 aromatic carbocycles. The molecule has 0 aromatic heterocycles. The molecule has 0 aliphatic carbocycles. The van der Waals surface area contributed by atoms with Gasteiger partial charge < -0.3 is 33.8 Å². The standard InChI is InChI=1S/C58H112O17P2/c1-6-9-12-15-18-21-26-31-36-41-55(60)68-47-53(74-57(62)43-38-33-28-23-20-17-14-11-8-3)49-72-76(64,65)70-45-52(59)46-71-77(66,67)73-50-54(48-69-56(61)42-37-32-27-22-19-16-13-10-7-2)75-58(63)44-39-34-29-24-25-30-35-40-51(4)5/h51-54,59H,6-50H2,1-5H3,(H,64,65)(H,66,67)/t52-,53+,54+/m0/s1. The highest BCUT2D eigenvalue weighted by atomic mass is 31.2. The Labute approximate surface area is 467 Å². The Bertz CT molecular complexity index is 1520. The van der Waals surface area contributed by atoms with Crippen LogP contribution in [0.5, 0.6) is 0 Å². The molecule has 0 bridgehead atoms. The minimum atomic E-state index is -4.93. The third kappa shape index (κ3) is 53.2. The van der Waals surface area contributed by atoms with Crippen LogP contribution >= 0.6 is 15.6 Å². The Morgan fingerprint density at radius 3 is 0.883 bits per heavy atom. The normalized spacial score (nSPS) is 14.4. The number of carbonyl (C=O) groups excluding carboxylic acids is 4. The highest BCUT2D eigenvalue weighted by molar-refractivity contribution is 7.47. The molecule has 456 valence electrons. The van der Waals surface area contributed by atoms with Gasteiger partial charge in [-0.1, -0.05) is 234 Å². The fourth-order valence-corrected chi connectivity index (χ4v) is 10.1. The molecular weight excluding hydrogens is 1030 g/mol. The van der Waals surface area contributed by atoms with Gasteiger partial charge in [0.25, 0.3) is 0 Å². The Hall–Kier alpha value is -1.94. The lowest BCUT2D eigenvalue weighted by Crippen LogP contribution is -2.30. The van der Waals surface area contributed by atoms with Gasteiger partial charge in [0.05, 0.1) is 26.4 Å². The zero-order valence-electron chi connectivity index (χ0n) is 49.1. The number of phosphoric acid groups is 2. The van der Waals surface area contributed by atoms with Crippen molar-refractivity contribution < 1.29 is 80.2 Å². The van der Waals surface area contributed by atoms with Crippen molar-refractivity contribution in [3.8, 4) is 0 Å². The minimum Gasteiger partial charge on any atom is -0.462 e. The highest BCUT2D eigenvalue weighted by Crippen LogP contribution is 2.45. The van der Waals surface area contributed by atoms with E-state index >= 15 is 0 Å². The van der Waals surface area contributed by atoms with Crippen LogP contribution in [0, 0.1) is 5.92 Å². The molecule has 0 spiro atoms. The molecule has 77 heavy (non-hydrogen) atoms. The van der Waals surface area contributed by atoms with Crippen LogP contribution in [0.1, 0.15) is 285 Å².